The van der Waals surface area contributed by atoms with Gasteiger partial charge in [0.15, 0.2) is 10.8 Å². The van der Waals surface area contributed by atoms with Gasteiger partial charge in [-0.15, -0.1) is 0 Å². The predicted molar refractivity (Wildman–Crippen MR) is 98.7 cm³/mol. The van der Waals surface area contributed by atoms with E-state index in [0.717, 1.165) is 11.1 Å². The maximum absolute atomic E-state index is 13.3. The largest absolute Gasteiger partial charge is 0.508 e. The number of anilines is 2. The van der Waals surface area contributed by atoms with Crippen LogP contribution in [0.25, 0.3) is 0 Å². The number of aromatic hydroxyl groups is 1. The van der Waals surface area contributed by atoms with Gasteiger partial charge < -0.3 is 10.0 Å². The Bertz CT molecular complexity index is 970. The standard InChI is InChI=1S/C18H13F3N4O2S/c19-18(20,21)14-8-12(10-23-15(14)9-22)25-16(27)2-1-7-24(17(25)28)11-3-5-13(26)6-4-11/h3-6,8,10,26H,1-2,7H2. The fourth-order valence-electron chi connectivity index (χ4n) is 2.83. The number of hydrogen-bond acceptors (Lipinski definition) is 5. The van der Waals surface area contributed by atoms with Crippen molar-refractivity contribution in [3.05, 3.63) is 47.8 Å². The van der Waals surface area contributed by atoms with Gasteiger partial charge in [-0.3, -0.25) is 9.69 Å². The molecule has 2 heterocycles. The number of benzene rings is 1. The molecule has 2 aromatic rings. The highest BCUT2D eigenvalue weighted by atomic mass is 32.1. The first-order valence-corrected chi connectivity index (χ1v) is 8.54. The second-order valence-electron chi connectivity index (χ2n) is 5.98. The number of pyridine rings is 1. The van der Waals surface area contributed by atoms with Crippen LogP contribution in [-0.4, -0.2) is 27.7 Å². The number of halogens is 3. The average molecular weight is 406 g/mol. The molecule has 0 aliphatic carbocycles. The number of carbonyl (C=O) groups excluding carboxylic acids is 1. The van der Waals surface area contributed by atoms with Crippen LogP contribution in [0.4, 0.5) is 24.5 Å². The Morgan fingerprint density at radius 2 is 1.89 bits per heavy atom. The van der Waals surface area contributed by atoms with E-state index in [1.165, 1.54) is 18.2 Å². The minimum Gasteiger partial charge on any atom is -0.508 e. The molecule has 1 N–H and O–H groups in total. The molecular weight excluding hydrogens is 393 g/mol. The van der Waals surface area contributed by atoms with Crippen LogP contribution in [0.5, 0.6) is 5.75 Å². The Labute approximate surface area is 163 Å². The van der Waals surface area contributed by atoms with Crippen molar-refractivity contribution in [2.45, 2.75) is 19.0 Å². The van der Waals surface area contributed by atoms with Crippen molar-refractivity contribution in [3.8, 4) is 11.8 Å². The Morgan fingerprint density at radius 3 is 2.50 bits per heavy atom. The number of phenols is 1. The van der Waals surface area contributed by atoms with Gasteiger partial charge in [0.25, 0.3) is 0 Å². The summed E-state index contributed by atoms with van der Waals surface area (Å²) in [5, 5.41) is 18.3. The number of aromatic nitrogens is 1. The first kappa shape index (κ1) is 19.6. The molecule has 0 unspecified atom stereocenters. The molecule has 1 saturated heterocycles. The zero-order valence-electron chi connectivity index (χ0n) is 14.3. The maximum atomic E-state index is 13.3. The molecule has 6 nitrogen and oxygen atoms in total. The van der Waals surface area contributed by atoms with Gasteiger partial charge in [0.1, 0.15) is 11.8 Å². The van der Waals surface area contributed by atoms with E-state index >= 15 is 0 Å². The normalized spacial score (nSPS) is 15.4. The first-order chi connectivity index (χ1) is 13.2. The fourth-order valence-corrected chi connectivity index (χ4v) is 3.23. The van der Waals surface area contributed by atoms with E-state index in [0.29, 0.717) is 24.7 Å². The number of alkyl halides is 3. The first-order valence-electron chi connectivity index (χ1n) is 8.13. The minimum absolute atomic E-state index is 0.00665. The summed E-state index contributed by atoms with van der Waals surface area (Å²) in [5.41, 5.74) is -1.59. The number of nitrogens with zero attached hydrogens (tertiary/aromatic N) is 4. The molecule has 28 heavy (non-hydrogen) atoms. The zero-order valence-corrected chi connectivity index (χ0v) is 15.1. The number of nitriles is 1. The minimum atomic E-state index is -4.80. The Kier molecular flexibility index (Phi) is 5.20. The SMILES string of the molecule is N#Cc1ncc(N2C(=O)CCCN(c3ccc(O)cc3)C2=S)cc1C(F)(F)F. The van der Waals surface area contributed by atoms with Crippen molar-refractivity contribution in [3.63, 3.8) is 0 Å². The lowest BCUT2D eigenvalue weighted by Gasteiger charge is -2.29. The number of phenolic OH excluding ortho intramolecular Hbond substituents is 1. The van der Waals surface area contributed by atoms with Gasteiger partial charge in [-0.25, -0.2) is 4.98 Å². The van der Waals surface area contributed by atoms with Crippen molar-refractivity contribution < 1.29 is 23.1 Å². The highest BCUT2D eigenvalue weighted by Crippen LogP contribution is 2.34. The smallest absolute Gasteiger partial charge is 0.419 e. The number of hydrogen-bond donors (Lipinski definition) is 1. The molecule has 1 aliphatic rings. The highest BCUT2D eigenvalue weighted by molar-refractivity contribution is 7.81. The Hall–Kier alpha value is -3.19. The molecule has 1 aromatic heterocycles. The monoisotopic (exact) mass is 406 g/mol. The molecule has 1 amide bonds. The third-order valence-corrected chi connectivity index (χ3v) is 4.55. The van der Waals surface area contributed by atoms with Crippen LogP contribution in [0.3, 0.4) is 0 Å². The molecule has 1 fully saturated rings. The molecule has 3 rings (SSSR count). The molecule has 0 spiro atoms. The van der Waals surface area contributed by atoms with E-state index in [4.69, 9.17) is 17.5 Å². The van der Waals surface area contributed by atoms with Crippen LogP contribution in [0, 0.1) is 11.3 Å². The summed E-state index contributed by atoms with van der Waals surface area (Å²) in [7, 11) is 0. The molecule has 10 heteroatoms. The van der Waals surface area contributed by atoms with Gasteiger partial charge in [0.2, 0.25) is 5.91 Å². The Morgan fingerprint density at radius 1 is 1.21 bits per heavy atom. The van der Waals surface area contributed by atoms with Crippen LogP contribution in [0.1, 0.15) is 24.1 Å². The number of rotatable bonds is 2. The second kappa shape index (κ2) is 7.44. The van der Waals surface area contributed by atoms with Gasteiger partial charge >= 0.3 is 6.18 Å². The molecule has 0 radical (unpaired) electrons. The zero-order chi connectivity index (χ0) is 20.5. The van der Waals surface area contributed by atoms with E-state index in [1.807, 2.05) is 0 Å². The number of thiocarbonyl (C=S) groups is 1. The van der Waals surface area contributed by atoms with Crippen molar-refractivity contribution in [1.82, 2.24) is 4.98 Å². The molecule has 1 aromatic carbocycles. The van der Waals surface area contributed by atoms with E-state index in [1.54, 1.807) is 17.0 Å². The third kappa shape index (κ3) is 3.75. The van der Waals surface area contributed by atoms with Gasteiger partial charge in [0, 0.05) is 18.7 Å². The summed E-state index contributed by atoms with van der Waals surface area (Å²) >= 11 is 5.40. The van der Waals surface area contributed by atoms with E-state index < -0.39 is 23.3 Å². The summed E-state index contributed by atoms with van der Waals surface area (Å²) < 4.78 is 39.8. The van der Waals surface area contributed by atoms with Crippen LogP contribution in [-0.2, 0) is 11.0 Å². The third-order valence-electron chi connectivity index (χ3n) is 4.15. The van der Waals surface area contributed by atoms with Gasteiger partial charge in [-0.05, 0) is 49.0 Å². The topological polar surface area (TPSA) is 80.5 Å². The molecule has 1 aliphatic heterocycles. The predicted octanol–water partition coefficient (Wildman–Crippen LogP) is 3.60. The van der Waals surface area contributed by atoms with Crippen molar-refractivity contribution in [2.24, 2.45) is 0 Å². The van der Waals surface area contributed by atoms with Crippen molar-refractivity contribution in [1.29, 1.82) is 5.26 Å². The van der Waals surface area contributed by atoms with Gasteiger partial charge in [-0.1, -0.05) is 0 Å². The lowest BCUT2D eigenvalue weighted by atomic mass is 10.1. The summed E-state index contributed by atoms with van der Waals surface area (Å²) in [4.78, 5) is 18.7. The lowest BCUT2D eigenvalue weighted by Crippen LogP contribution is -2.44. The Balaban J connectivity index is 2.06. The van der Waals surface area contributed by atoms with Gasteiger partial charge in [0.05, 0.1) is 17.4 Å². The van der Waals surface area contributed by atoms with Crippen LogP contribution < -0.4 is 9.80 Å². The molecule has 144 valence electrons. The van der Waals surface area contributed by atoms with Crippen LogP contribution >= 0.6 is 12.2 Å². The molecule has 0 saturated carbocycles. The van der Waals surface area contributed by atoms with E-state index in [-0.39, 0.29) is 23.0 Å². The summed E-state index contributed by atoms with van der Waals surface area (Å²) in [6, 6.07) is 8.18. The molecule has 0 atom stereocenters. The van der Waals surface area contributed by atoms with E-state index in [9.17, 15) is 23.1 Å². The van der Waals surface area contributed by atoms with Crippen molar-refractivity contribution in [2.75, 3.05) is 16.3 Å². The van der Waals surface area contributed by atoms with E-state index in [2.05, 4.69) is 4.98 Å². The van der Waals surface area contributed by atoms with Crippen LogP contribution in [0.2, 0.25) is 0 Å². The average Bonchev–Trinajstić information content (AvgIpc) is 2.79. The fraction of sp³-hybridized carbons (Fsp3) is 0.222. The highest BCUT2D eigenvalue weighted by Gasteiger charge is 2.37. The lowest BCUT2D eigenvalue weighted by molar-refractivity contribution is -0.138. The number of amides is 1. The van der Waals surface area contributed by atoms with Crippen molar-refractivity contribution >= 4 is 34.6 Å². The summed E-state index contributed by atoms with van der Waals surface area (Å²) in [5.74, 6) is -0.422. The number of carbonyl (C=O) groups is 1. The summed E-state index contributed by atoms with van der Waals surface area (Å²) in [6.07, 6.45) is -3.26. The molecular formula is C18H13F3N4O2S. The maximum Gasteiger partial charge on any atom is 0.419 e. The quantitative estimate of drug-likeness (QED) is 0.768. The molecule has 0 bridgehead atoms. The summed E-state index contributed by atoms with van der Waals surface area (Å²) in [6.45, 7) is 0.377. The van der Waals surface area contributed by atoms with Crippen LogP contribution in [0.15, 0.2) is 36.5 Å². The van der Waals surface area contributed by atoms with Gasteiger partial charge in [-0.2, -0.15) is 18.4 Å². The second-order valence-corrected chi connectivity index (χ2v) is 6.35.